The van der Waals surface area contributed by atoms with Crippen LogP contribution in [0.1, 0.15) is 36.5 Å². The molecule has 0 aliphatic heterocycles. The molecule has 0 saturated heterocycles. The molecule has 9 nitrogen and oxygen atoms in total. The van der Waals surface area contributed by atoms with Crippen molar-refractivity contribution in [2.24, 2.45) is 0 Å². The molecular formula is C24H31N3O6. The van der Waals surface area contributed by atoms with Crippen molar-refractivity contribution in [1.82, 2.24) is 16.0 Å². The maximum atomic E-state index is 11.9. The van der Waals surface area contributed by atoms with Crippen molar-refractivity contribution in [3.63, 3.8) is 0 Å². The summed E-state index contributed by atoms with van der Waals surface area (Å²) in [6.07, 6.45) is -0.293. The lowest BCUT2D eigenvalue weighted by atomic mass is 10.1. The molecule has 0 unspecified atom stereocenters. The van der Waals surface area contributed by atoms with Crippen molar-refractivity contribution in [3.05, 3.63) is 71.3 Å². The van der Waals surface area contributed by atoms with E-state index in [0.717, 1.165) is 23.1 Å². The summed E-state index contributed by atoms with van der Waals surface area (Å²) < 4.78 is 15.2. The van der Waals surface area contributed by atoms with Gasteiger partial charge in [0, 0.05) is 19.6 Å². The summed E-state index contributed by atoms with van der Waals surface area (Å²) in [5, 5.41) is 7.96. The molecule has 0 bridgehead atoms. The van der Waals surface area contributed by atoms with Gasteiger partial charge >= 0.3 is 18.3 Å². The molecule has 9 heteroatoms. The van der Waals surface area contributed by atoms with Gasteiger partial charge in [-0.3, -0.25) is 0 Å². The van der Waals surface area contributed by atoms with Gasteiger partial charge in [-0.1, -0.05) is 61.5 Å². The van der Waals surface area contributed by atoms with Crippen LogP contribution in [0.2, 0.25) is 0 Å². The minimum absolute atomic E-state index is 0.161. The van der Waals surface area contributed by atoms with Crippen LogP contribution in [-0.4, -0.2) is 38.0 Å². The molecule has 0 aliphatic carbocycles. The zero-order valence-electron chi connectivity index (χ0n) is 18.8. The maximum absolute atomic E-state index is 11.9. The number of amides is 3. The van der Waals surface area contributed by atoms with Crippen molar-refractivity contribution in [1.29, 1.82) is 0 Å². The molecule has 0 aromatic heterocycles. The topological polar surface area (TPSA) is 115 Å². The number of carbonyl (C=O) groups excluding carboxylic acids is 3. The van der Waals surface area contributed by atoms with E-state index < -0.39 is 18.3 Å². The normalized spacial score (nSPS) is 10.1. The summed E-state index contributed by atoms with van der Waals surface area (Å²) in [5.74, 6) is 0. The van der Waals surface area contributed by atoms with E-state index in [2.05, 4.69) is 16.0 Å². The van der Waals surface area contributed by atoms with E-state index in [9.17, 15) is 14.4 Å². The monoisotopic (exact) mass is 457 g/mol. The lowest BCUT2D eigenvalue weighted by Gasteiger charge is -2.10. The van der Waals surface area contributed by atoms with E-state index in [0.29, 0.717) is 26.1 Å². The lowest BCUT2D eigenvalue weighted by molar-refractivity contribution is 0.134. The van der Waals surface area contributed by atoms with E-state index in [4.69, 9.17) is 14.2 Å². The molecule has 3 amide bonds. The predicted molar refractivity (Wildman–Crippen MR) is 122 cm³/mol. The van der Waals surface area contributed by atoms with Gasteiger partial charge in [-0.2, -0.15) is 0 Å². The zero-order chi connectivity index (χ0) is 23.7. The number of hydrogen-bond donors (Lipinski definition) is 3. The van der Waals surface area contributed by atoms with E-state index >= 15 is 0 Å². The van der Waals surface area contributed by atoms with E-state index in [-0.39, 0.29) is 19.8 Å². The van der Waals surface area contributed by atoms with Crippen molar-refractivity contribution in [2.75, 3.05) is 19.8 Å². The Kier molecular flexibility index (Phi) is 11.7. The second-order valence-corrected chi connectivity index (χ2v) is 7.14. The summed E-state index contributed by atoms with van der Waals surface area (Å²) in [6.45, 7) is 3.62. The number of nitrogens with one attached hydrogen (secondary N) is 3. The first-order chi connectivity index (χ1) is 16.1. The summed E-state index contributed by atoms with van der Waals surface area (Å²) in [7, 11) is 0. The molecule has 33 heavy (non-hydrogen) atoms. The number of carbonyl (C=O) groups is 3. The lowest BCUT2D eigenvalue weighted by Crippen LogP contribution is -2.28. The Hall–Kier alpha value is -3.75. The van der Waals surface area contributed by atoms with Crippen molar-refractivity contribution < 1.29 is 28.6 Å². The Morgan fingerprint density at radius 3 is 1.91 bits per heavy atom. The van der Waals surface area contributed by atoms with Gasteiger partial charge in [-0.05, 0) is 29.5 Å². The first kappa shape index (κ1) is 25.5. The fourth-order valence-corrected chi connectivity index (χ4v) is 2.70. The van der Waals surface area contributed by atoms with Crippen LogP contribution in [0, 0.1) is 0 Å². The Bertz CT molecular complexity index is 876. The number of alkyl carbamates (subject to hydrolysis) is 3. The minimum atomic E-state index is -0.548. The third kappa shape index (κ3) is 11.4. The Balaban J connectivity index is 1.55. The second kappa shape index (κ2) is 15.1. The van der Waals surface area contributed by atoms with Crippen LogP contribution in [0.5, 0.6) is 0 Å². The van der Waals surface area contributed by atoms with Gasteiger partial charge in [0.15, 0.2) is 0 Å². The number of hydrogen-bond acceptors (Lipinski definition) is 6. The molecule has 3 N–H and O–H groups in total. The summed E-state index contributed by atoms with van der Waals surface area (Å²) in [6, 6.07) is 16.9. The maximum Gasteiger partial charge on any atom is 0.407 e. The van der Waals surface area contributed by atoms with Crippen LogP contribution in [0.15, 0.2) is 54.6 Å². The highest BCUT2D eigenvalue weighted by Crippen LogP contribution is 2.05. The molecule has 2 aromatic carbocycles. The van der Waals surface area contributed by atoms with Crippen LogP contribution < -0.4 is 16.0 Å². The van der Waals surface area contributed by atoms with Gasteiger partial charge in [0.05, 0.1) is 13.2 Å². The molecule has 2 aromatic rings. The Morgan fingerprint density at radius 1 is 0.697 bits per heavy atom. The average molecular weight is 458 g/mol. The average Bonchev–Trinajstić information content (AvgIpc) is 2.84. The van der Waals surface area contributed by atoms with Crippen LogP contribution in [0.4, 0.5) is 14.4 Å². The second-order valence-electron chi connectivity index (χ2n) is 7.14. The molecule has 0 spiro atoms. The molecule has 0 atom stereocenters. The summed E-state index contributed by atoms with van der Waals surface area (Å²) >= 11 is 0. The highest BCUT2D eigenvalue weighted by molar-refractivity contribution is 5.68. The van der Waals surface area contributed by atoms with Crippen molar-refractivity contribution in [3.8, 4) is 0 Å². The fourth-order valence-electron chi connectivity index (χ4n) is 2.70. The van der Waals surface area contributed by atoms with Crippen LogP contribution >= 0.6 is 0 Å². The van der Waals surface area contributed by atoms with E-state index in [1.165, 1.54) is 0 Å². The molecule has 0 heterocycles. The Labute approximate surface area is 193 Å². The molecule has 2 rings (SSSR count). The molecular weight excluding hydrogens is 426 g/mol. The summed E-state index contributed by atoms with van der Waals surface area (Å²) in [5.41, 5.74) is 2.67. The van der Waals surface area contributed by atoms with Gasteiger partial charge in [0.1, 0.15) is 6.61 Å². The van der Waals surface area contributed by atoms with Gasteiger partial charge < -0.3 is 30.2 Å². The van der Waals surface area contributed by atoms with Gasteiger partial charge in [-0.15, -0.1) is 0 Å². The Morgan fingerprint density at radius 2 is 1.27 bits per heavy atom. The van der Waals surface area contributed by atoms with Crippen LogP contribution in [0.3, 0.4) is 0 Å². The fraction of sp³-hybridized carbons (Fsp3) is 0.375. The third-order valence-corrected chi connectivity index (χ3v) is 4.34. The van der Waals surface area contributed by atoms with Gasteiger partial charge in [0.25, 0.3) is 0 Å². The third-order valence-electron chi connectivity index (χ3n) is 4.34. The van der Waals surface area contributed by atoms with Gasteiger partial charge in [0.2, 0.25) is 0 Å². The highest BCUT2D eigenvalue weighted by Gasteiger charge is 2.06. The first-order valence-electron chi connectivity index (χ1n) is 10.9. The standard InChI is InChI=1S/C24H31N3O6/c1-2-13-31-23(29)26-16-20-10-6-11-21(15-20)17-27-24(30)32-14-7-12-25-22(28)33-18-19-8-4-3-5-9-19/h3-6,8-11,15H,2,7,12-14,16-18H2,1H3,(H,25,28)(H,26,29)(H,27,30). The van der Waals surface area contributed by atoms with Crippen molar-refractivity contribution in [2.45, 2.75) is 39.5 Å². The SMILES string of the molecule is CCCOC(=O)NCc1cccc(CNC(=O)OCCCNC(=O)OCc2ccccc2)c1. The van der Waals surface area contributed by atoms with Crippen molar-refractivity contribution >= 4 is 18.3 Å². The molecule has 0 aliphatic rings. The number of benzene rings is 2. The van der Waals surface area contributed by atoms with E-state index in [1.54, 1.807) is 0 Å². The first-order valence-corrected chi connectivity index (χ1v) is 10.9. The minimum Gasteiger partial charge on any atom is -0.450 e. The largest absolute Gasteiger partial charge is 0.450 e. The number of rotatable bonds is 12. The molecule has 0 saturated carbocycles. The smallest absolute Gasteiger partial charge is 0.407 e. The van der Waals surface area contributed by atoms with Crippen LogP contribution in [0.25, 0.3) is 0 Å². The number of ether oxygens (including phenoxy) is 3. The molecule has 0 fully saturated rings. The zero-order valence-corrected chi connectivity index (χ0v) is 18.8. The molecule has 178 valence electrons. The summed E-state index contributed by atoms with van der Waals surface area (Å²) in [4.78, 5) is 35.0. The van der Waals surface area contributed by atoms with Crippen LogP contribution in [-0.2, 0) is 33.9 Å². The highest BCUT2D eigenvalue weighted by atomic mass is 16.6. The molecule has 0 radical (unpaired) electrons. The van der Waals surface area contributed by atoms with Gasteiger partial charge in [-0.25, -0.2) is 14.4 Å². The predicted octanol–water partition coefficient (Wildman–Crippen LogP) is 3.87. The van der Waals surface area contributed by atoms with E-state index in [1.807, 2.05) is 61.5 Å². The quantitative estimate of drug-likeness (QED) is 0.329.